The summed E-state index contributed by atoms with van der Waals surface area (Å²) >= 11 is 0. The largest absolute Gasteiger partial charge is 0.496 e. The van der Waals surface area contributed by atoms with Crippen molar-refractivity contribution in [2.45, 2.75) is 0 Å². The highest BCUT2D eigenvalue weighted by Crippen LogP contribution is 2.52. The second kappa shape index (κ2) is 11.2. The number of benzene rings is 6. The molecular formula is C35H29NO4P2. The van der Waals surface area contributed by atoms with Crippen LogP contribution in [0, 0.1) is 0 Å². The van der Waals surface area contributed by atoms with Gasteiger partial charge in [0.15, 0.2) is 0 Å². The van der Waals surface area contributed by atoms with Crippen molar-refractivity contribution in [2.24, 2.45) is 0 Å². The highest BCUT2D eigenvalue weighted by atomic mass is 31.2. The molecule has 0 bridgehead atoms. The molecule has 42 heavy (non-hydrogen) atoms. The van der Waals surface area contributed by atoms with Gasteiger partial charge in [-0.25, -0.2) is 0 Å². The number of hydrogen-bond acceptors (Lipinski definition) is 5. The SMILES string of the molecule is COc1ccccc1P(c1ccccc1OC)N(C)p1oc2ccc3ccccc3c2c2c(ccc3ccccc32)o1. The Morgan fingerprint density at radius 2 is 0.976 bits per heavy atom. The van der Waals surface area contributed by atoms with Crippen LogP contribution in [0.4, 0.5) is 0 Å². The maximum absolute atomic E-state index is 6.93. The zero-order chi connectivity index (χ0) is 28.6. The van der Waals surface area contributed by atoms with Crippen molar-refractivity contribution >= 4 is 70.3 Å². The second-order valence-corrected chi connectivity index (χ2v) is 13.8. The molecule has 0 aliphatic carbocycles. The number of nitrogens with zero attached hydrogens (tertiary/aromatic N) is 1. The number of fused-ring (bicyclic) bond motifs is 7. The Kier molecular flexibility index (Phi) is 7.09. The van der Waals surface area contributed by atoms with Gasteiger partial charge in [0.1, 0.15) is 22.7 Å². The second-order valence-electron chi connectivity index (χ2n) is 9.89. The normalized spacial score (nSPS) is 11.6. The fraction of sp³-hybridized carbons (Fsp3) is 0.0857. The van der Waals surface area contributed by atoms with E-state index in [0.717, 1.165) is 65.6 Å². The fourth-order valence-electron chi connectivity index (χ4n) is 5.60. The van der Waals surface area contributed by atoms with Gasteiger partial charge in [-0.2, -0.15) is 4.44 Å². The van der Waals surface area contributed by atoms with Gasteiger partial charge in [0.05, 0.1) is 14.2 Å². The summed E-state index contributed by atoms with van der Waals surface area (Å²) < 4.78 is 27.8. The molecule has 5 nitrogen and oxygen atoms in total. The van der Waals surface area contributed by atoms with Crippen LogP contribution in [0.3, 0.4) is 0 Å². The third kappa shape index (κ3) is 4.51. The number of hydrogen-bond donors (Lipinski definition) is 0. The van der Waals surface area contributed by atoms with Gasteiger partial charge in [-0.05, 0) is 57.9 Å². The fourth-order valence-corrected chi connectivity index (χ4v) is 9.98. The number of para-hydroxylation sites is 2. The molecule has 0 atom stereocenters. The van der Waals surface area contributed by atoms with E-state index < -0.39 is 16.2 Å². The molecule has 7 rings (SSSR count). The van der Waals surface area contributed by atoms with Crippen molar-refractivity contribution in [1.82, 2.24) is 0 Å². The van der Waals surface area contributed by atoms with Crippen LogP contribution >= 0.6 is 16.2 Å². The smallest absolute Gasteiger partial charge is 0.313 e. The molecule has 0 aliphatic rings. The highest BCUT2D eigenvalue weighted by Gasteiger charge is 2.29. The molecule has 0 N–H and O–H groups in total. The average molecular weight is 590 g/mol. The van der Waals surface area contributed by atoms with Crippen molar-refractivity contribution in [3.05, 3.63) is 121 Å². The van der Waals surface area contributed by atoms with E-state index in [4.69, 9.17) is 17.9 Å². The highest BCUT2D eigenvalue weighted by molar-refractivity contribution is 7.81. The van der Waals surface area contributed by atoms with Crippen molar-refractivity contribution in [3.8, 4) is 11.5 Å². The molecule has 0 unspecified atom stereocenters. The first-order valence-electron chi connectivity index (χ1n) is 13.7. The Morgan fingerprint density at radius 3 is 1.45 bits per heavy atom. The summed E-state index contributed by atoms with van der Waals surface area (Å²) in [6.45, 7) is 0. The number of ether oxygens (including phenoxy) is 2. The quantitative estimate of drug-likeness (QED) is 0.181. The summed E-state index contributed by atoms with van der Waals surface area (Å²) in [5, 5.41) is 8.79. The summed E-state index contributed by atoms with van der Waals surface area (Å²) in [6, 6.07) is 41.6. The van der Waals surface area contributed by atoms with Gasteiger partial charge in [-0.1, -0.05) is 84.9 Å². The van der Waals surface area contributed by atoms with Crippen molar-refractivity contribution in [3.63, 3.8) is 0 Å². The Labute approximate surface area is 246 Å². The molecule has 1 heterocycles. The third-order valence-corrected chi connectivity index (χ3v) is 11.9. The van der Waals surface area contributed by atoms with E-state index in [1.54, 1.807) is 14.2 Å². The van der Waals surface area contributed by atoms with Gasteiger partial charge in [0.25, 0.3) is 0 Å². The van der Waals surface area contributed by atoms with Gasteiger partial charge in [-0.3, -0.25) is 0 Å². The molecule has 0 aliphatic heterocycles. The summed E-state index contributed by atoms with van der Waals surface area (Å²) in [7, 11) is 2.69. The monoisotopic (exact) mass is 589 g/mol. The molecule has 7 heteroatoms. The van der Waals surface area contributed by atoms with Crippen molar-refractivity contribution < 1.29 is 17.9 Å². The first kappa shape index (κ1) is 26.6. The van der Waals surface area contributed by atoms with Crippen LogP contribution in [0.5, 0.6) is 11.5 Å². The molecule has 7 aromatic rings. The lowest BCUT2D eigenvalue weighted by Gasteiger charge is -2.28. The van der Waals surface area contributed by atoms with Crippen LogP contribution < -0.4 is 24.5 Å². The molecule has 0 saturated heterocycles. The van der Waals surface area contributed by atoms with E-state index in [2.05, 4.69) is 96.4 Å². The molecular weight excluding hydrogens is 560 g/mol. The zero-order valence-electron chi connectivity index (χ0n) is 23.5. The molecule has 0 fully saturated rings. The predicted molar refractivity (Wildman–Crippen MR) is 178 cm³/mol. The van der Waals surface area contributed by atoms with E-state index in [1.165, 1.54) is 0 Å². The first-order chi connectivity index (χ1) is 20.7. The lowest BCUT2D eigenvalue weighted by molar-refractivity contribution is 0.417. The van der Waals surface area contributed by atoms with Crippen LogP contribution in [-0.2, 0) is 0 Å². The molecule has 0 amide bonds. The van der Waals surface area contributed by atoms with Crippen LogP contribution in [0.2, 0.25) is 0 Å². The minimum atomic E-state index is -1.61. The Balaban J connectivity index is 1.58. The minimum Gasteiger partial charge on any atom is -0.496 e. The van der Waals surface area contributed by atoms with Crippen LogP contribution in [0.1, 0.15) is 0 Å². The van der Waals surface area contributed by atoms with Crippen molar-refractivity contribution in [1.29, 1.82) is 0 Å². The maximum atomic E-state index is 6.93. The topological polar surface area (TPSA) is 48.0 Å². The Hall–Kier alpha value is -4.27. The summed E-state index contributed by atoms with van der Waals surface area (Å²) in [5.41, 5.74) is 1.61. The average Bonchev–Trinajstić information content (AvgIpc) is 3.23. The molecule has 208 valence electrons. The van der Waals surface area contributed by atoms with E-state index in [9.17, 15) is 0 Å². The Morgan fingerprint density at radius 1 is 0.548 bits per heavy atom. The molecule has 0 saturated carbocycles. The van der Waals surface area contributed by atoms with Crippen LogP contribution in [0.25, 0.3) is 43.5 Å². The molecule has 0 radical (unpaired) electrons. The van der Waals surface area contributed by atoms with Crippen LogP contribution in [0.15, 0.2) is 130 Å². The maximum Gasteiger partial charge on any atom is 0.313 e. The van der Waals surface area contributed by atoms with Gasteiger partial charge >= 0.3 is 8.16 Å². The van der Waals surface area contributed by atoms with E-state index >= 15 is 0 Å². The van der Waals surface area contributed by atoms with E-state index in [-0.39, 0.29) is 0 Å². The summed E-state index contributed by atoms with van der Waals surface area (Å²) in [6.07, 6.45) is 0. The molecule has 1 aromatic heterocycles. The predicted octanol–water partition coefficient (Wildman–Crippen LogP) is 9.23. The van der Waals surface area contributed by atoms with Gasteiger partial charge < -0.3 is 17.9 Å². The zero-order valence-corrected chi connectivity index (χ0v) is 25.3. The number of rotatable bonds is 6. The summed E-state index contributed by atoms with van der Waals surface area (Å²) in [5.74, 6) is 1.62. The van der Waals surface area contributed by atoms with Crippen LogP contribution in [-0.4, -0.2) is 21.3 Å². The molecule has 0 spiro atoms. The van der Waals surface area contributed by atoms with Gasteiger partial charge in [-0.15, -0.1) is 0 Å². The lowest BCUT2D eigenvalue weighted by Crippen LogP contribution is -2.25. The first-order valence-corrected chi connectivity index (χ1v) is 16.1. The Bertz CT molecular complexity index is 1980. The van der Waals surface area contributed by atoms with E-state index in [0.29, 0.717) is 0 Å². The third-order valence-electron chi connectivity index (χ3n) is 7.54. The number of methoxy groups -OCH3 is 2. The van der Waals surface area contributed by atoms with Gasteiger partial charge in [0, 0.05) is 36.5 Å². The van der Waals surface area contributed by atoms with Crippen molar-refractivity contribution in [2.75, 3.05) is 25.7 Å². The lowest BCUT2D eigenvalue weighted by atomic mass is 9.99. The molecule has 6 aromatic carbocycles. The summed E-state index contributed by atoms with van der Waals surface area (Å²) in [4.78, 5) is 0. The van der Waals surface area contributed by atoms with E-state index in [1.807, 2.05) is 36.4 Å². The van der Waals surface area contributed by atoms with Gasteiger partial charge in [0.2, 0.25) is 0 Å². The standard InChI is InChI=1S/C35H29NO4P2/c1-36(41(32-18-10-8-16-28(32)37-2)33-19-11-9-17-29(33)38-3)42-39-30-22-20-24-12-4-6-14-26(24)34(30)35-27-15-7-5-13-25(27)21-23-31(35)40-42/h4-23H,1-3H3. The minimum absolute atomic E-state index is 0.803.